The van der Waals surface area contributed by atoms with Crippen molar-refractivity contribution >= 4 is 34.7 Å². The summed E-state index contributed by atoms with van der Waals surface area (Å²) in [6.07, 6.45) is 1.13. The minimum atomic E-state index is -0.586. The number of methoxy groups -OCH3 is 3. The number of nitrogens with two attached hydrogens (primary N) is 1. The number of nitrogens with zero attached hydrogens (tertiary/aromatic N) is 1. The van der Waals surface area contributed by atoms with Gasteiger partial charge < -0.3 is 29.8 Å². The van der Waals surface area contributed by atoms with Crippen molar-refractivity contribution in [1.29, 1.82) is 0 Å². The molecule has 1 heterocycles. The molecular weight excluding hydrogens is 482 g/mol. The van der Waals surface area contributed by atoms with Gasteiger partial charge in [-0.3, -0.25) is 9.59 Å². The van der Waals surface area contributed by atoms with E-state index in [1.54, 1.807) is 24.3 Å². The van der Waals surface area contributed by atoms with Crippen LogP contribution in [0.2, 0.25) is 5.02 Å². The molecule has 0 atom stereocenters. The first-order valence-corrected chi connectivity index (χ1v) is 11.8. The van der Waals surface area contributed by atoms with E-state index in [1.165, 1.54) is 21.3 Å². The van der Waals surface area contributed by atoms with Gasteiger partial charge in [-0.15, -0.1) is 0 Å². The van der Waals surface area contributed by atoms with Crippen molar-refractivity contribution in [3.63, 3.8) is 0 Å². The molecule has 8 nitrogen and oxygen atoms in total. The summed E-state index contributed by atoms with van der Waals surface area (Å²) in [5.74, 6) is 0.818. The fourth-order valence-corrected chi connectivity index (χ4v) is 5.16. The van der Waals surface area contributed by atoms with E-state index in [0.29, 0.717) is 57.6 Å². The van der Waals surface area contributed by atoms with Crippen LogP contribution in [0.4, 0.5) is 11.4 Å². The van der Waals surface area contributed by atoms with Gasteiger partial charge in [-0.2, -0.15) is 0 Å². The zero-order valence-electron chi connectivity index (χ0n) is 21.2. The quantitative estimate of drug-likeness (QED) is 0.436. The van der Waals surface area contributed by atoms with Crippen molar-refractivity contribution in [2.75, 3.05) is 26.6 Å². The summed E-state index contributed by atoms with van der Waals surface area (Å²) in [6, 6.07) is 8.75. The Kier molecular flexibility index (Phi) is 6.66. The van der Waals surface area contributed by atoms with Gasteiger partial charge >= 0.3 is 0 Å². The van der Waals surface area contributed by atoms with Crippen molar-refractivity contribution in [1.82, 2.24) is 4.57 Å². The van der Waals surface area contributed by atoms with Gasteiger partial charge in [-0.05, 0) is 37.0 Å². The Bertz CT molecular complexity index is 1350. The summed E-state index contributed by atoms with van der Waals surface area (Å²) in [5.41, 5.74) is 9.83. The minimum absolute atomic E-state index is 0.0395. The number of halogens is 1. The van der Waals surface area contributed by atoms with Crippen LogP contribution in [0.3, 0.4) is 0 Å². The molecule has 1 aliphatic rings. The molecule has 1 amide bonds. The van der Waals surface area contributed by atoms with Crippen molar-refractivity contribution in [2.45, 2.75) is 33.6 Å². The van der Waals surface area contributed by atoms with Crippen LogP contribution in [0.5, 0.6) is 17.2 Å². The molecule has 9 heteroatoms. The standard InChI is InChI=1S/C27H30ClN3O5/c1-14-24(28)23-19(12-27(2,3)13-20(23)32)31(14)16-7-8-17(26(29)33)18(11-16)30-15-9-21(34-4)25(36-6)22(10-15)35-5/h7-11,30H,12-13H2,1-6H3,(H2,29,33). The molecule has 0 aliphatic heterocycles. The van der Waals surface area contributed by atoms with Gasteiger partial charge in [0.2, 0.25) is 5.75 Å². The topological polar surface area (TPSA) is 105 Å². The third kappa shape index (κ3) is 4.37. The molecule has 3 N–H and O–H groups in total. The number of aromatic nitrogens is 1. The molecule has 2 aromatic carbocycles. The fourth-order valence-electron chi connectivity index (χ4n) is 4.86. The van der Waals surface area contributed by atoms with Crippen LogP contribution in [0.15, 0.2) is 30.3 Å². The van der Waals surface area contributed by atoms with Crippen LogP contribution in [0.25, 0.3) is 5.69 Å². The Balaban J connectivity index is 1.87. The molecule has 0 fully saturated rings. The van der Waals surface area contributed by atoms with Crippen molar-refractivity contribution in [2.24, 2.45) is 11.1 Å². The van der Waals surface area contributed by atoms with E-state index in [1.807, 2.05) is 17.6 Å². The first kappa shape index (κ1) is 25.4. The monoisotopic (exact) mass is 511 g/mol. The summed E-state index contributed by atoms with van der Waals surface area (Å²) in [7, 11) is 4.58. The zero-order valence-corrected chi connectivity index (χ0v) is 22.0. The third-order valence-electron chi connectivity index (χ3n) is 6.47. The smallest absolute Gasteiger partial charge is 0.250 e. The number of ketones is 1. The van der Waals surface area contributed by atoms with E-state index in [4.69, 9.17) is 31.5 Å². The normalized spacial score (nSPS) is 14.2. The molecule has 36 heavy (non-hydrogen) atoms. The van der Waals surface area contributed by atoms with E-state index < -0.39 is 5.91 Å². The number of amides is 1. The Hall–Kier alpha value is -3.65. The number of carbonyl (C=O) groups is 2. The second-order valence-corrected chi connectivity index (χ2v) is 10.0. The van der Waals surface area contributed by atoms with Crippen molar-refractivity contribution in [3.05, 3.63) is 57.9 Å². The molecule has 0 radical (unpaired) electrons. The third-order valence-corrected chi connectivity index (χ3v) is 6.93. The highest BCUT2D eigenvalue weighted by Crippen LogP contribution is 2.43. The van der Waals surface area contributed by atoms with Crippen molar-refractivity contribution < 1.29 is 23.8 Å². The Labute approximate surface area is 215 Å². The number of primary amides is 1. The molecule has 0 bridgehead atoms. The minimum Gasteiger partial charge on any atom is -0.493 e. The Morgan fingerprint density at radius 2 is 1.69 bits per heavy atom. The van der Waals surface area contributed by atoms with E-state index in [9.17, 15) is 9.59 Å². The number of hydrogen-bond acceptors (Lipinski definition) is 6. The van der Waals surface area contributed by atoms with Crippen LogP contribution in [0.1, 0.15) is 52.4 Å². The molecule has 1 aromatic heterocycles. The summed E-state index contributed by atoms with van der Waals surface area (Å²) in [4.78, 5) is 25.2. The summed E-state index contributed by atoms with van der Waals surface area (Å²) >= 11 is 6.65. The average Bonchev–Trinajstić information content (AvgIpc) is 3.06. The van der Waals surface area contributed by atoms with Gasteiger partial charge in [0.05, 0.1) is 43.2 Å². The van der Waals surface area contributed by atoms with Crippen LogP contribution in [-0.2, 0) is 6.42 Å². The molecule has 190 valence electrons. The van der Waals surface area contributed by atoms with Gasteiger partial charge in [0.1, 0.15) is 0 Å². The van der Waals surface area contributed by atoms with E-state index in [0.717, 1.165) is 17.1 Å². The molecule has 3 aromatic rings. The molecule has 0 saturated heterocycles. The number of fused-ring (bicyclic) bond motifs is 1. The number of rotatable bonds is 7. The van der Waals surface area contributed by atoms with Crippen LogP contribution < -0.4 is 25.3 Å². The highest BCUT2D eigenvalue weighted by molar-refractivity contribution is 6.35. The average molecular weight is 512 g/mol. The fraction of sp³-hybridized carbons (Fsp3) is 0.333. The Morgan fingerprint density at radius 1 is 1.06 bits per heavy atom. The largest absolute Gasteiger partial charge is 0.493 e. The maximum Gasteiger partial charge on any atom is 0.250 e. The van der Waals surface area contributed by atoms with Gasteiger partial charge in [0.25, 0.3) is 5.91 Å². The van der Waals surface area contributed by atoms with Crippen molar-refractivity contribution in [3.8, 4) is 22.9 Å². The second-order valence-electron chi connectivity index (χ2n) is 9.63. The number of hydrogen-bond donors (Lipinski definition) is 2. The van der Waals surface area contributed by atoms with E-state index in [2.05, 4.69) is 19.2 Å². The van der Waals surface area contributed by atoms with E-state index >= 15 is 0 Å². The molecule has 4 rings (SSSR count). The molecule has 0 saturated carbocycles. The highest BCUT2D eigenvalue weighted by Gasteiger charge is 2.36. The van der Waals surface area contributed by atoms with Gasteiger partial charge in [0.15, 0.2) is 17.3 Å². The maximum absolute atomic E-state index is 12.9. The van der Waals surface area contributed by atoms with Crippen LogP contribution in [-0.4, -0.2) is 37.6 Å². The number of carbonyl (C=O) groups excluding carboxylic acids is 2. The number of Topliss-reactive ketones (excluding diaryl/α,β-unsaturated/α-hetero) is 1. The van der Waals surface area contributed by atoms with Crippen LogP contribution in [0, 0.1) is 12.3 Å². The Morgan fingerprint density at radius 3 is 2.25 bits per heavy atom. The lowest BCUT2D eigenvalue weighted by Crippen LogP contribution is -2.28. The first-order valence-electron chi connectivity index (χ1n) is 11.5. The first-order chi connectivity index (χ1) is 17.0. The lowest BCUT2D eigenvalue weighted by molar-refractivity contribution is 0.0910. The predicted octanol–water partition coefficient (Wildman–Crippen LogP) is 5.46. The lowest BCUT2D eigenvalue weighted by atomic mass is 9.76. The predicted molar refractivity (Wildman–Crippen MR) is 140 cm³/mol. The maximum atomic E-state index is 12.9. The molecule has 0 spiro atoms. The van der Waals surface area contributed by atoms with Gasteiger partial charge in [-0.1, -0.05) is 25.4 Å². The number of benzene rings is 2. The number of nitrogens with one attached hydrogen (secondary N) is 1. The van der Waals surface area contributed by atoms with E-state index in [-0.39, 0.29) is 11.2 Å². The zero-order chi connectivity index (χ0) is 26.4. The second kappa shape index (κ2) is 9.43. The highest BCUT2D eigenvalue weighted by atomic mass is 35.5. The summed E-state index contributed by atoms with van der Waals surface area (Å²) < 4.78 is 18.3. The van der Waals surface area contributed by atoms with Gasteiger partial charge in [0, 0.05) is 41.3 Å². The molecule has 0 unspecified atom stereocenters. The number of anilines is 2. The number of ether oxygens (including phenoxy) is 3. The SMILES string of the molecule is COc1cc(Nc2cc(-n3c(C)c(Cl)c4c3CC(C)(C)CC4=O)ccc2C(N)=O)cc(OC)c1OC. The van der Waals surface area contributed by atoms with Crippen LogP contribution >= 0.6 is 11.6 Å². The van der Waals surface area contributed by atoms with Gasteiger partial charge in [-0.25, -0.2) is 0 Å². The lowest BCUT2D eigenvalue weighted by Gasteiger charge is -2.30. The summed E-state index contributed by atoms with van der Waals surface area (Å²) in [6.45, 7) is 6.03. The summed E-state index contributed by atoms with van der Waals surface area (Å²) in [5, 5.41) is 3.73. The molecule has 1 aliphatic carbocycles. The molecular formula is C27H30ClN3O5.